The van der Waals surface area contributed by atoms with Crippen molar-refractivity contribution in [3.05, 3.63) is 0 Å². The number of hydrogen-bond acceptors (Lipinski definition) is 5. The molecule has 4 N–H and O–H groups in total. The van der Waals surface area contributed by atoms with E-state index in [1.807, 2.05) is 0 Å². The van der Waals surface area contributed by atoms with Gasteiger partial charge < -0.3 is 25.6 Å². The van der Waals surface area contributed by atoms with Gasteiger partial charge in [-0.2, -0.15) is 0 Å². The molecule has 6 heteroatoms. The van der Waals surface area contributed by atoms with Gasteiger partial charge in [-0.25, -0.2) is 0 Å². The summed E-state index contributed by atoms with van der Waals surface area (Å²) in [5.41, 5.74) is 5.41. The lowest BCUT2D eigenvalue weighted by atomic mass is 10.1. The van der Waals surface area contributed by atoms with Gasteiger partial charge in [-0.05, 0) is 12.8 Å². The van der Waals surface area contributed by atoms with Gasteiger partial charge in [0.2, 0.25) is 5.91 Å². The molecule has 0 aromatic rings. The minimum atomic E-state index is -1.02. The number of rotatable bonds is 3. The van der Waals surface area contributed by atoms with Gasteiger partial charge in [-0.3, -0.25) is 4.79 Å². The molecule has 0 aromatic heterocycles. The van der Waals surface area contributed by atoms with Crippen LogP contribution in [0.1, 0.15) is 19.3 Å². The molecule has 1 amide bonds. The number of aliphatic hydroxyl groups excluding tert-OH is 2. The summed E-state index contributed by atoms with van der Waals surface area (Å²) in [7, 11) is 0. The van der Waals surface area contributed by atoms with E-state index in [1.54, 1.807) is 4.90 Å². The number of hydrogen-bond donors (Lipinski definition) is 3. The Labute approximate surface area is 100 Å². The molecule has 0 aromatic carbocycles. The van der Waals surface area contributed by atoms with Gasteiger partial charge >= 0.3 is 0 Å². The average molecular weight is 244 g/mol. The van der Waals surface area contributed by atoms with E-state index in [-0.39, 0.29) is 18.9 Å². The zero-order valence-electron chi connectivity index (χ0n) is 9.79. The molecule has 2 heterocycles. The molecular formula is C11H20N2O4. The number of amides is 1. The monoisotopic (exact) mass is 244 g/mol. The van der Waals surface area contributed by atoms with E-state index < -0.39 is 24.4 Å². The second-order valence-electron chi connectivity index (χ2n) is 4.72. The van der Waals surface area contributed by atoms with Gasteiger partial charge in [0.15, 0.2) is 0 Å². The zero-order valence-corrected chi connectivity index (χ0v) is 9.79. The van der Waals surface area contributed by atoms with Gasteiger partial charge in [0.05, 0.1) is 18.6 Å². The van der Waals surface area contributed by atoms with Crippen LogP contribution in [0.3, 0.4) is 0 Å². The highest BCUT2D eigenvalue weighted by molar-refractivity contribution is 5.77. The maximum atomic E-state index is 11.9. The molecule has 98 valence electrons. The van der Waals surface area contributed by atoms with Crippen LogP contribution in [-0.4, -0.2) is 65.1 Å². The lowest BCUT2D eigenvalue weighted by Gasteiger charge is -2.19. The summed E-state index contributed by atoms with van der Waals surface area (Å²) in [6.07, 6.45) is -1.02. The molecule has 0 aliphatic carbocycles. The highest BCUT2D eigenvalue weighted by Gasteiger charge is 2.43. The molecule has 2 fully saturated rings. The summed E-state index contributed by atoms with van der Waals surface area (Å²) in [4.78, 5) is 13.6. The SMILES string of the molecule is NC[C@H]1O[C@@H](CC(=O)N2CCCC2)[C@H](O)[C@@H]1O. The Bertz CT molecular complexity index is 281. The Morgan fingerprint density at radius 2 is 1.82 bits per heavy atom. The van der Waals surface area contributed by atoms with Crippen LogP contribution in [0.25, 0.3) is 0 Å². The Kier molecular flexibility index (Phi) is 3.98. The van der Waals surface area contributed by atoms with Gasteiger partial charge in [-0.1, -0.05) is 0 Å². The Morgan fingerprint density at radius 3 is 2.35 bits per heavy atom. The van der Waals surface area contributed by atoms with E-state index in [9.17, 15) is 15.0 Å². The summed E-state index contributed by atoms with van der Waals surface area (Å²) in [6.45, 7) is 1.71. The summed E-state index contributed by atoms with van der Waals surface area (Å²) < 4.78 is 5.39. The normalized spacial score (nSPS) is 37.7. The summed E-state index contributed by atoms with van der Waals surface area (Å²) in [5, 5.41) is 19.4. The summed E-state index contributed by atoms with van der Waals surface area (Å²) in [6, 6.07) is 0. The van der Waals surface area contributed by atoms with Crippen molar-refractivity contribution in [2.75, 3.05) is 19.6 Å². The molecule has 0 unspecified atom stereocenters. The number of likely N-dealkylation sites (tertiary alicyclic amines) is 1. The number of aliphatic hydroxyl groups is 2. The van der Waals surface area contributed by atoms with Gasteiger partial charge in [0.1, 0.15) is 12.2 Å². The second kappa shape index (κ2) is 5.30. The fourth-order valence-corrected chi connectivity index (χ4v) is 2.46. The summed E-state index contributed by atoms with van der Waals surface area (Å²) >= 11 is 0. The lowest BCUT2D eigenvalue weighted by molar-refractivity contribution is -0.134. The smallest absolute Gasteiger partial charge is 0.225 e. The number of carbonyl (C=O) groups is 1. The third-order valence-corrected chi connectivity index (χ3v) is 3.53. The Hall–Kier alpha value is -0.690. The molecule has 2 rings (SSSR count). The van der Waals surface area contributed by atoms with Crippen LogP contribution < -0.4 is 5.73 Å². The van der Waals surface area contributed by atoms with Crippen molar-refractivity contribution < 1.29 is 19.7 Å². The van der Waals surface area contributed by atoms with E-state index in [2.05, 4.69) is 0 Å². The second-order valence-corrected chi connectivity index (χ2v) is 4.72. The van der Waals surface area contributed by atoms with Crippen molar-refractivity contribution >= 4 is 5.91 Å². The topological polar surface area (TPSA) is 96.0 Å². The molecule has 0 saturated carbocycles. The molecule has 0 bridgehead atoms. The minimum absolute atomic E-state index is 0.0172. The predicted molar refractivity (Wildman–Crippen MR) is 60.2 cm³/mol. The maximum absolute atomic E-state index is 11.9. The van der Waals surface area contributed by atoms with Crippen LogP contribution in [0.4, 0.5) is 0 Å². The number of nitrogens with two attached hydrogens (primary N) is 1. The first-order valence-corrected chi connectivity index (χ1v) is 6.13. The van der Waals surface area contributed by atoms with Crippen LogP contribution in [0, 0.1) is 0 Å². The molecule has 2 aliphatic heterocycles. The van der Waals surface area contributed by atoms with Crippen LogP contribution >= 0.6 is 0 Å². The molecule has 4 atom stereocenters. The fraction of sp³-hybridized carbons (Fsp3) is 0.909. The van der Waals surface area contributed by atoms with Crippen molar-refractivity contribution in [1.29, 1.82) is 0 Å². The highest BCUT2D eigenvalue weighted by atomic mass is 16.5. The molecule has 2 saturated heterocycles. The molecule has 6 nitrogen and oxygen atoms in total. The van der Waals surface area contributed by atoms with Crippen molar-refractivity contribution in [1.82, 2.24) is 4.90 Å². The standard InChI is InChI=1S/C11H20N2O4/c12-6-8-11(16)10(15)7(17-8)5-9(14)13-3-1-2-4-13/h7-8,10-11,15-16H,1-6,12H2/t7-,8+,10-,11+/m0/s1. The molecule has 0 spiro atoms. The first-order valence-electron chi connectivity index (χ1n) is 6.13. The third-order valence-electron chi connectivity index (χ3n) is 3.53. The van der Waals surface area contributed by atoms with Gasteiger partial charge in [0.25, 0.3) is 0 Å². The first-order chi connectivity index (χ1) is 8.13. The van der Waals surface area contributed by atoms with Crippen molar-refractivity contribution in [2.24, 2.45) is 5.73 Å². The number of carbonyl (C=O) groups excluding carboxylic acids is 1. The van der Waals surface area contributed by atoms with Gasteiger partial charge in [0, 0.05) is 19.6 Å². The van der Waals surface area contributed by atoms with Crippen LogP contribution in [0.2, 0.25) is 0 Å². The number of nitrogens with zero attached hydrogens (tertiary/aromatic N) is 1. The fourth-order valence-electron chi connectivity index (χ4n) is 2.46. The van der Waals surface area contributed by atoms with Crippen LogP contribution in [0.15, 0.2) is 0 Å². The van der Waals surface area contributed by atoms with Crippen LogP contribution in [0.5, 0.6) is 0 Å². The van der Waals surface area contributed by atoms with Crippen molar-refractivity contribution in [2.45, 2.75) is 43.7 Å². The quantitative estimate of drug-likeness (QED) is 0.558. The predicted octanol–water partition coefficient (Wildman–Crippen LogP) is -1.55. The van der Waals surface area contributed by atoms with Gasteiger partial charge in [-0.15, -0.1) is 0 Å². The van der Waals surface area contributed by atoms with Crippen molar-refractivity contribution in [3.8, 4) is 0 Å². The van der Waals surface area contributed by atoms with E-state index in [1.165, 1.54) is 0 Å². The Morgan fingerprint density at radius 1 is 1.24 bits per heavy atom. The third kappa shape index (κ3) is 2.60. The largest absolute Gasteiger partial charge is 0.388 e. The van der Waals surface area contributed by atoms with E-state index in [0.717, 1.165) is 25.9 Å². The first kappa shape index (κ1) is 12.8. The summed E-state index contributed by atoms with van der Waals surface area (Å²) in [5.74, 6) is -0.0172. The zero-order chi connectivity index (χ0) is 12.4. The van der Waals surface area contributed by atoms with Crippen LogP contribution in [-0.2, 0) is 9.53 Å². The van der Waals surface area contributed by atoms with E-state index in [0.29, 0.717) is 0 Å². The molecule has 17 heavy (non-hydrogen) atoms. The number of ether oxygens (including phenoxy) is 1. The molecule has 2 aliphatic rings. The van der Waals surface area contributed by atoms with E-state index >= 15 is 0 Å². The van der Waals surface area contributed by atoms with E-state index in [4.69, 9.17) is 10.5 Å². The minimum Gasteiger partial charge on any atom is -0.388 e. The lowest BCUT2D eigenvalue weighted by Crippen LogP contribution is -2.37. The maximum Gasteiger partial charge on any atom is 0.225 e. The highest BCUT2D eigenvalue weighted by Crippen LogP contribution is 2.24. The molecule has 0 radical (unpaired) electrons. The average Bonchev–Trinajstić information content (AvgIpc) is 2.93. The Balaban J connectivity index is 1.88. The van der Waals surface area contributed by atoms with Crippen molar-refractivity contribution in [3.63, 3.8) is 0 Å². The molecular weight excluding hydrogens is 224 g/mol.